The molecule has 5 nitrogen and oxygen atoms in total. The second-order valence-electron chi connectivity index (χ2n) is 8.23. The first-order valence-corrected chi connectivity index (χ1v) is 11.3. The standard InChI is InChI=1S/C24H35N3O2/c1-2-3-4-5-7-14-23(28)26-22(24(29)27-15-10-6-11-16-27)17-19-18-25-21-13-9-8-12-20(19)21/h8-9,12-13,18,22,25H,2-7,10-11,14-17H2,1H3,(H,26,28). The van der Waals surface area contributed by atoms with Crippen molar-refractivity contribution < 1.29 is 9.59 Å². The van der Waals surface area contributed by atoms with E-state index in [0.717, 1.165) is 55.2 Å². The maximum Gasteiger partial charge on any atom is 0.245 e. The topological polar surface area (TPSA) is 65.2 Å². The Morgan fingerprint density at radius 2 is 1.83 bits per heavy atom. The fourth-order valence-electron chi connectivity index (χ4n) is 4.21. The molecule has 0 saturated carbocycles. The number of nitrogens with one attached hydrogen (secondary N) is 2. The summed E-state index contributed by atoms with van der Waals surface area (Å²) in [6.45, 7) is 3.79. The first-order chi connectivity index (χ1) is 14.2. The molecule has 5 heteroatoms. The van der Waals surface area contributed by atoms with E-state index in [0.29, 0.717) is 12.8 Å². The zero-order chi connectivity index (χ0) is 20.5. The third kappa shape index (κ3) is 6.09. The van der Waals surface area contributed by atoms with Crippen LogP contribution < -0.4 is 5.32 Å². The Morgan fingerprint density at radius 1 is 1.07 bits per heavy atom. The number of hydrogen-bond acceptors (Lipinski definition) is 2. The molecule has 29 heavy (non-hydrogen) atoms. The highest BCUT2D eigenvalue weighted by atomic mass is 16.2. The van der Waals surface area contributed by atoms with E-state index >= 15 is 0 Å². The monoisotopic (exact) mass is 397 g/mol. The largest absolute Gasteiger partial charge is 0.361 e. The van der Waals surface area contributed by atoms with Crippen molar-refractivity contribution >= 4 is 22.7 Å². The van der Waals surface area contributed by atoms with Crippen LogP contribution in [0.5, 0.6) is 0 Å². The quantitative estimate of drug-likeness (QED) is 0.577. The van der Waals surface area contributed by atoms with Crippen LogP contribution in [0.15, 0.2) is 30.5 Å². The number of unbranched alkanes of at least 4 members (excludes halogenated alkanes) is 4. The number of nitrogens with zero attached hydrogens (tertiary/aromatic N) is 1. The van der Waals surface area contributed by atoms with E-state index in [9.17, 15) is 9.59 Å². The van der Waals surface area contributed by atoms with Gasteiger partial charge in [0.2, 0.25) is 11.8 Å². The number of aromatic nitrogens is 1. The first kappa shape index (κ1) is 21.4. The van der Waals surface area contributed by atoms with E-state index in [1.54, 1.807) is 0 Å². The van der Waals surface area contributed by atoms with Crippen LogP contribution in [0, 0.1) is 0 Å². The molecule has 0 bridgehead atoms. The Morgan fingerprint density at radius 3 is 2.62 bits per heavy atom. The average Bonchev–Trinajstić information content (AvgIpc) is 3.16. The van der Waals surface area contributed by atoms with Crippen molar-refractivity contribution in [2.75, 3.05) is 13.1 Å². The lowest BCUT2D eigenvalue weighted by molar-refractivity contribution is -0.137. The molecule has 1 aliphatic heterocycles. The first-order valence-electron chi connectivity index (χ1n) is 11.3. The Balaban J connectivity index is 1.66. The lowest BCUT2D eigenvalue weighted by Gasteiger charge is -2.30. The molecule has 1 aromatic heterocycles. The fraction of sp³-hybridized carbons (Fsp3) is 0.583. The van der Waals surface area contributed by atoms with Crippen LogP contribution in [-0.4, -0.2) is 40.8 Å². The minimum absolute atomic E-state index is 0.00306. The molecule has 1 unspecified atom stereocenters. The number of para-hydroxylation sites is 1. The van der Waals surface area contributed by atoms with E-state index in [2.05, 4.69) is 23.3 Å². The second-order valence-corrected chi connectivity index (χ2v) is 8.23. The van der Waals surface area contributed by atoms with E-state index in [1.807, 2.05) is 29.3 Å². The summed E-state index contributed by atoms with van der Waals surface area (Å²) in [6.07, 6.45) is 11.9. The molecule has 2 aromatic rings. The Bertz CT molecular complexity index is 792. The number of carbonyl (C=O) groups excluding carboxylic acids is 2. The lowest BCUT2D eigenvalue weighted by Crippen LogP contribution is -2.51. The Hall–Kier alpha value is -2.30. The number of fused-ring (bicyclic) bond motifs is 1. The fourth-order valence-corrected chi connectivity index (χ4v) is 4.21. The zero-order valence-electron chi connectivity index (χ0n) is 17.7. The zero-order valence-corrected chi connectivity index (χ0v) is 17.7. The van der Waals surface area contributed by atoms with Gasteiger partial charge < -0.3 is 15.2 Å². The van der Waals surface area contributed by atoms with Crippen LogP contribution in [0.3, 0.4) is 0 Å². The predicted molar refractivity (Wildman–Crippen MR) is 118 cm³/mol. The van der Waals surface area contributed by atoms with Gasteiger partial charge in [-0.1, -0.05) is 50.8 Å². The molecule has 2 heterocycles. The predicted octanol–water partition coefficient (Wildman–Crippen LogP) is 4.57. The molecule has 1 saturated heterocycles. The molecular weight excluding hydrogens is 362 g/mol. The molecule has 3 rings (SSSR count). The highest BCUT2D eigenvalue weighted by Crippen LogP contribution is 2.20. The Kier molecular flexibility index (Phi) is 8.14. The van der Waals surface area contributed by atoms with E-state index in [4.69, 9.17) is 0 Å². The highest BCUT2D eigenvalue weighted by Gasteiger charge is 2.27. The number of H-pyrrole nitrogens is 1. The molecule has 0 spiro atoms. The smallest absolute Gasteiger partial charge is 0.245 e. The number of rotatable bonds is 10. The van der Waals surface area contributed by atoms with Crippen molar-refractivity contribution in [1.82, 2.24) is 15.2 Å². The molecule has 0 radical (unpaired) electrons. The summed E-state index contributed by atoms with van der Waals surface area (Å²) in [4.78, 5) is 31.0. The maximum absolute atomic E-state index is 13.2. The SMILES string of the molecule is CCCCCCCC(=O)NC(Cc1c[nH]c2ccccc12)C(=O)N1CCCCC1. The van der Waals surface area contributed by atoms with Gasteiger partial charge in [0.25, 0.3) is 0 Å². The van der Waals surface area contributed by atoms with Gasteiger partial charge in [0, 0.05) is 43.0 Å². The van der Waals surface area contributed by atoms with Gasteiger partial charge in [-0.15, -0.1) is 0 Å². The molecule has 1 fully saturated rings. The summed E-state index contributed by atoms with van der Waals surface area (Å²) in [5.74, 6) is 0.0611. The van der Waals surface area contributed by atoms with Crippen molar-refractivity contribution in [2.24, 2.45) is 0 Å². The second kappa shape index (κ2) is 11.0. The summed E-state index contributed by atoms with van der Waals surface area (Å²) in [5, 5.41) is 4.19. The van der Waals surface area contributed by atoms with Crippen molar-refractivity contribution in [3.05, 3.63) is 36.0 Å². The normalized spacial score (nSPS) is 15.4. The molecule has 0 aliphatic carbocycles. The summed E-state index contributed by atoms with van der Waals surface area (Å²) < 4.78 is 0. The minimum atomic E-state index is -0.490. The van der Waals surface area contributed by atoms with Gasteiger partial charge in [-0.25, -0.2) is 0 Å². The van der Waals surface area contributed by atoms with Gasteiger partial charge in [0.05, 0.1) is 0 Å². The summed E-state index contributed by atoms with van der Waals surface area (Å²) in [6, 6.07) is 7.62. The van der Waals surface area contributed by atoms with Gasteiger partial charge in [0.15, 0.2) is 0 Å². The van der Waals surface area contributed by atoms with Crippen LogP contribution in [0.4, 0.5) is 0 Å². The number of amides is 2. The lowest BCUT2D eigenvalue weighted by atomic mass is 10.0. The van der Waals surface area contributed by atoms with Crippen molar-refractivity contribution in [1.29, 1.82) is 0 Å². The van der Waals surface area contributed by atoms with Crippen LogP contribution in [-0.2, 0) is 16.0 Å². The van der Waals surface area contributed by atoms with Crippen LogP contribution in [0.25, 0.3) is 10.9 Å². The molecule has 2 amide bonds. The van der Waals surface area contributed by atoms with E-state index < -0.39 is 6.04 Å². The molecule has 1 aliphatic rings. The van der Waals surface area contributed by atoms with Gasteiger partial charge >= 0.3 is 0 Å². The third-order valence-corrected chi connectivity index (χ3v) is 5.91. The van der Waals surface area contributed by atoms with Gasteiger partial charge in [-0.2, -0.15) is 0 Å². The number of hydrogen-bond donors (Lipinski definition) is 2. The minimum Gasteiger partial charge on any atom is -0.361 e. The molecule has 1 atom stereocenters. The number of likely N-dealkylation sites (tertiary alicyclic amines) is 1. The number of aromatic amines is 1. The summed E-state index contributed by atoms with van der Waals surface area (Å²) in [5.41, 5.74) is 2.15. The molecule has 158 valence electrons. The number of carbonyl (C=O) groups is 2. The van der Waals surface area contributed by atoms with Gasteiger partial charge in [-0.05, 0) is 37.3 Å². The summed E-state index contributed by atoms with van der Waals surface area (Å²) in [7, 11) is 0. The van der Waals surface area contributed by atoms with Crippen molar-refractivity contribution in [3.63, 3.8) is 0 Å². The number of benzene rings is 1. The van der Waals surface area contributed by atoms with Gasteiger partial charge in [-0.3, -0.25) is 9.59 Å². The van der Waals surface area contributed by atoms with Gasteiger partial charge in [0.1, 0.15) is 6.04 Å². The van der Waals surface area contributed by atoms with Crippen molar-refractivity contribution in [3.8, 4) is 0 Å². The number of piperidine rings is 1. The average molecular weight is 398 g/mol. The maximum atomic E-state index is 13.2. The van der Waals surface area contributed by atoms with Crippen LogP contribution >= 0.6 is 0 Å². The van der Waals surface area contributed by atoms with E-state index in [1.165, 1.54) is 25.7 Å². The molecule has 1 aromatic carbocycles. The third-order valence-electron chi connectivity index (χ3n) is 5.91. The van der Waals surface area contributed by atoms with Crippen LogP contribution in [0.2, 0.25) is 0 Å². The molecule has 2 N–H and O–H groups in total. The van der Waals surface area contributed by atoms with Crippen molar-refractivity contribution in [2.45, 2.75) is 77.2 Å². The highest BCUT2D eigenvalue weighted by molar-refractivity contribution is 5.89. The summed E-state index contributed by atoms with van der Waals surface area (Å²) >= 11 is 0. The van der Waals surface area contributed by atoms with E-state index in [-0.39, 0.29) is 11.8 Å². The molecular formula is C24H35N3O2. The Labute approximate surface area is 174 Å². The van der Waals surface area contributed by atoms with Crippen LogP contribution in [0.1, 0.15) is 70.3 Å².